The summed E-state index contributed by atoms with van der Waals surface area (Å²) >= 11 is 11.9. The van der Waals surface area contributed by atoms with Crippen LogP contribution in [0.3, 0.4) is 0 Å². The lowest BCUT2D eigenvalue weighted by Gasteiger charge is -2.06. The van der Waals surface area contributed by atoms with Gasteiger partial charge in [0.2, 0.25) is 11.7 Å². The van der Waals surface area contributed by atoms with Gasteiger partial charge in [0.25, 0.3) is 0 Å². The predicted octanol–water partition coefficient (Wildman–Crippen LogP) is 3.29. The topological polar surface area (TPSA) is 72.7 Å². The smallest absolute Gasteiger partial charge is 0.248 e. The second kappa shape index (κ2) is 6.76. The van der Waals surface area contributed by atoms with E-state index in [0.29, 0.717) is 21.6 Å². The van der Waals surface area contributed by atoms with E-state index < -0.39 is 0 Å². The molecule has 0 aliphatic heterocycles. The molecule has 0 fully saturated rings. The molecule has 8 heteroatoms. The van der Waals surface area contributed by atoms with Crippen LogP contribution in [0.1, 0.15) is 0 Å². The molecule has 0 bridgehead atoms. The molecule has 0 aliphatic rings. The van der Waals surface area contributed by atoms with Gasteiger partial charge in [-0.25, -0.2) is 0 Å². The van der Waals surface area contributed by atoms with Crippen molar-refractivity contribution < 1.29 is 4.79 Å². The molecule has 3 aromatic rings. The summed E-state index contributed by atoms with van der Waals surface area (Å²) in [5, 5.41) is 15.5. The van der Waals surface area contributed by atoms with Gasteiger partial charge < -0.3 is 5.32 Å². The summed E-state index contributed by atoms with van der Waals surface area (Å²) in [6, 6.07) is 14.2. The molecule has 0 aliphatic carbocycles. The summed E-state index contributed by atoms with van der Waals surface area (Å²) in [4.78, 5) is 13.3. The van der Waals surface area contributed by atoms with Crippen LogP contribution in [0.4, 0.5) is 5.69 Å². The van der Waals surface area contributed by atoms with Crippen molar-refractivity contribution >= 4 is 34.8 Å². The van der Waals surface area contributed by atoms with Crippen molar-refractivity contribution in [3.8, 4) is 11.4 Å². The van der Waals surface area contributed by atoms with Gasteiger partial charge in [-0.1, -0.05) is 53.5 Å². The lowest BCUT2D eigenvalue weighted by molar-refractivity contribution is -0.117. The largest absolute Gasteiger partial charge is 0.323 e. The van der Waals surface area contributed by atoms with Gasteiger partial charge >= 0.3 is 0 Å². The Labute approximate surface area is 142 Å². The molecule has 1 amide bonds. The van der Waals surface area contributed by atoms with E-state index in [1.54, 1.807) is 18.2 Å². The fourth-order valence-corrected chi connectivity index (χ4v) is 2.26. The van der Waals surface area contributed by atoms with Crippen LogP contribution >= 0.6 is 23.2 Å². The maximum atomic E-state index is 12.0. The van der Waals surface area contributed by atoms with E-state index in [4.69, 9.17) is 23.2 Å². The van der Waals surface area contributed by atoms with Crippen molar-refractivity contribution in [2.45, 2.75) is 6.54 Å². The van der Waals surface area contributed by atoms with Gasteiger partial charge in [-0.2, -0.15) is 4.80 Å². The van der Waals surface area contributed by atoms with Gasteiger partial charge in [0.15, 0.2) is 0 Å². The molecular weight excluding hydrogens is 337 g/mol. The first-order chi connectivity index (χ1) is 11.1. The van der Waals surface area contributed by atoms with Gasteiger partial charge in [0.1, 0.15) is 6.54 Å². The highest BCUT2D eigenvalue weighted by atomic mass is 35.5. The zero-order chi connectivity index (χ0) is 16.2. The molecule has 0 spiro atoms. The number of anilines is 1. The number of hydrogen-bond acceptors (Lipinski definition) is 4. The second-order valence-electron chi connectivity index (χ2n) is 4.68. The molecular formula is C15H11Cl2N5O. The van der Waals surface area contributed by atoms with Crippen molar-refractivity contribution in [3.05, 3.63) is 58.6 Å². The monoisotopic (exact) mass is 347 g/mol. The molecule has 23 heavy (non-hydrogen) atoms. The van der Waals surface area contributed by atoms with Crippen LogP contribution in [-0.2, 0) is 11.3 Å². The summed E-state index contributed by atoms with van der Waals surface area (Å²) in [6.07, 6.45) is 0. The lowest BCUT2D eigenvalue weighted by atomic mass is 10.2. The Bertz CT molecular complexity index is 835. The summed E-state index contributed by atoms with van der Waals surface area (Å²) in [5.74, 6) is 0.130. The third-order valence-electron chi connectivity index (χ3n) is 2.97. The minimum Gasteiger partial charge on any atom is -0.323 e. The van der Waals surface area contributed by atoms with Crippen molar-refractivity contribution in [2.75, 3.05) is 5.32 Å². The normalized spacial score (nSPS) is 10.5. The van der Waals surface area contributed by atoms with Crippen LogP contribution in [0.5, 0.6) is 0 Å². The van der Waals surface area contributed by atoms with E-state index >= 15 is 0 Å². The number of halogens is 2. The number of rotatable bonds is 4. The van der Waals surface area contributed by atoms with Crippen molar-refractivity contribution in [1.29, 1.82) is 0 Å². The third kappa shape index (κ3) is 3.85. The standard InChI is InChI=1S/C15H11Cl2N5O/c16-11-6-7-12(17)13(8-11)18-14(23)9-22-20-15(19-21-22)10-4-2-1-3-5-10/h1-8H,9H2,(H,18,23). The summed E-state index contributed by atoms with van der Waals surface area (Å²) in [6.45, 7) is -0.0807. The fourth-order valence-electron chi connectivity index (χ4n) is 1.92. The van der Waals surface area contributed by atoms with Crippen molar-refractivity contribution in [3.63, 3.8) is 0 Å². The number of tetrazole rings is 1. The van der Waals surface area contributed by atoms with Gasteiger partial charge in [0, 0.05) is 10.6 Å². The van der Waals surface area contributed by atoms with E-state index in [-0.39, 0.29) is 12.5 Å². The van der Waals surface area contributed by atoms with Crippen LogP contribution in [0.2, 0.25) is 10.0 Å². The molecule has 1 N–H and O–H groups in total. The van der Waals surface area contributed by atoms with Crippen LogP contribution in [0, 0.1) is 0 Å². The molecule has 116 valence electrons. The molecule has 0 saturated heterocycles. The Morgan fingerprint density at radius 3 is 2.70 bits per heavy atom. The third-order valence-corrected chi connectivity index (χ3v) is 3.54. The highest BCUT2D eigenvalue weighted by Crippen LogP contribution is 2.25. The second-order valence-corrected chi connectivity index (χ2v) is 5.53. The molecule has 1 aromatic heterocycles. The molecule has 2 aromatic carbocycles. The van der Waals surface area contributed by atoms with Gasteiger partial charge in [-0.15, -0.1) is 10.2 Å². The molecule has 0 unspecified atom stereocenters. The van der Waals surface area contributed by atoms with Gasteiger partial charge in [-0.3, -0.25) is 4.79 Å². The maximum Gasteiger partial charge on any atom is 0.248 e. The van der Waals surface area contributed by atoms with Crippen LogP contribution in [0.25, 0.3) is 11.4 Å². The van der Waals surface area contributed by atoms with Gasteiger partial charge in [-0.05, 0) is 23.4 Å². The minimum atomic E-state index is -0.328. The number of aromatic nitrogens is 4. The molecule has 0 atom stereocenters. The average Bonchev–Trinajstić information content (AvgIpc) is 3.00. The quantitative estimate of drug-likeness (QED) is 0.785. The van der Waals surface area contributed by atoms with E-state index in [2.05, 4.69) is 20.7 Å². The molecule has 1 heterocycles. The minimum absolute atomic E-state index is 0.0807. The summed E-state index contributed by atoms with van der Waals surface area (Å²) < 4.78 is 0. The van der Waals surface area contributed by atoms with E-state index in [1.807, 2.05) is 30.3 Å². The van der Waals surface area contributed by atoms with Gasteiger partial charge in [0.05, 0.1) is 10.7 Å². The first-order valence-electron chi connectivity index (χ1n) is 6.70. The molecule has 0 radical (unpaired) electrons. The number of nitrogens with zero attached hydrogens (tertiary/aromatic N) is 4. The zero-order valence-corrected chi connectivity index (χ0v) is 13.3. The number of nitrogens with one attached hydrogen (secondary N) is 1. The molecule has 6 nitrogen and oxygen atoms in total. The highest BCUT2D eigenvalue weighted by Gasteiger charge is 2.11. The maximum absolute atomic E-state index is 12.0. The molecule has 3 rings (SSSR count). The first-order valence-corrected chi connectivity index (χ1v) is 7.45. The SMILES string of the molecule is O=C(Cn1nnc(-c2ccccc2)n1)Nc1cc(Cl)ccc1Cl. The number of carbonyl (C=O) groups is 1. The van der Waals surface area contributed by atoms with E-state index in [1.165, 1.54) is 4.80 Å². The van der Waals surface area contributed by atoms with Crippen molar-refractivity contribution in [1.82, 2.24) is 20.2 Å². The van der Waals surface area contributed by atoms with Crippen LogP contribution in [0.15, 0.2) is 48.5 Å². The predicted molar refractivity (Wildman–Crippen MR) is 88.3 cm³/mol. The number of carbonyl (C=O) groups excluding carboxylic acids is 1. The van der Waals surface area contributed by atoms with Crippen LogP contribution in [-0.4, -0.2) is 26.1 Å². The molecule has 0 saturated carbocycles. The Balaban J connectivity index is 1.69. The number of hydrogen-bond donors (Lipinski definition) is 1. The fraction of sp³-hybridized carbons (Fsp3) is 0.0667. The Hall–Kier alpha value is -2.44. The number of amides is 1. The Morgan fingerprint density at radius 2 is 1.91 bits per heavy atom. The highest BCUT2D eigenvalue weighted by molar-refractivity contribution is 6.35. The summed E-state index contributed by atoms with van der Waals surface area (Å²) in [7, 11) is 0. The van der Waals surface area contributed by atoms with E-state index in [0.717, 1.165) is 5.56 Å². The lowest BCUT2D eigenvalue weighted by Crippen LogP contribution is -2.20. The zero-order valence-electron chi connectivity index (χ0n) is 11.8. The van der Waals surface area contributed by atoms with Crippen LogP contribution < -0.4 is 5.32 Å². The van der Waals surface area contributed by atoms with E-state index in [9.17, 15) is 4.79 Å². The summed E-state index contributed by atoms with van der Waals surface area (Å²) in [5.41, 5.74) is 1.27. The average molecular weight is 348 g/mol. The van der Waals surface area contributed by atoms with Crippen molar-refractivity contribution in [2.24, 2.45) is 0 Å². The first kappa shape index (κ1) is 15.5. The Kier molecular flexibility index (Phi) is 4.55. The Morgan fingerprint density at radius 1 is 1.13 bits per heavy atom. The number of benzene rings is 2.